The summed E-state index contributed by atoms with van der Waals surface area (Å²) in [5, 5.41) is 8.84. The number of ether oxygens (including phenoxy) is 1. The summed E-state index contributed by atoms with van der Waals surface area (Å²) < 4.78 is 5.43. The summed E-state index contributed by atoms with van der Waals surface area (Å²) in [6.45, 7) is 8.10. The molecule has 0 bridgehead atoms. The zero-order chi connectivity index (χ0) is 13.3. The zero-order valence-corrected chi connectivity index (χ0v) is 11.0. The van der Waals surface area contributed by atoms with Crippen LogP contribution < -0.4 is 0 Å². The fourth-order valence-corrected chi connectivity index (χ4v) is 1.44. The highest BCUT2D eigenvalue weighted by Gasteiger charge is 2.15. The topological polar surface area (TPSA) is 49.8 Å². The van der Waals surface area contributed by atoms with Crippen LogP contribution in [0, 0.1) is 18.3 Å². The number of carboxylic acid groups (broad SMARTS) is 1. The molecule has 1 unspecified atom stereocenters. The van der Waals surface area contributed by atoms with Crippen LogP contribution in [0.3, 0.4) is 0 Å². The second kappa shape index (κ2) is 9.03. The van der Waals surface area contributed by atoms with Gasteiger partial charge in [0.25, 0.3) is 0 Å². The van der Waals surface area contributed by atoms with E-state index in [4.69, 9.17) is 16.3 Å². The van der Waals surface area contributed by atoms with Crippen LogP contribution in [-0.4, -0.2) is 48.3 Å². The summed E-state index contributed by atoms with van der Waals surface area (Å²) in [5.74, 6) is 1.37. The van der Waals surface area contributed by atoms with Crippen LogP contribution in [-0.2, 0) is 9.53 Å². The maximum atomic E-state index is 10.8. The number of carbonyl (C=O) groups is 1. The molecule has 0 saturated heterocycles. The van der Waals surface area contributed by atoms with Crippen molar-refractivity contribution in [2.24, 2.45) is 5.92 Å². The molecule has 17 heavy (non-hydrogen) atoms. The Labute approximate surface area is 104 Å². The average Bonchev–Trinajstić information content (AvgIpc) is 2.23. The normalized spacial score (nSPS) is 12.7. The van der Waals surface area contributed by atoms with Crippen molar-refractivity contribution < 1.29 is 14.6 Å². The van der Waals surface area contributed by atoms with Crippen molar-refractivity contribution in [1.82, 2.24) is 4.90 Å². The van der Waals surface area contributed by atoms with Crippen LogP contribution in [0.4, 0.5) is 0 Å². The fraction of sp³-hybridized carbons (Fsp3) is 0.769. The van der Waals surface area contributed by atoms with E-state index in [9.17, 15) is 4.79 Å². The third kappa shape index (κ3) is 8.73. The molecular weight excluding hydrogens is 218 g/mol. The second-order valence-electron chi connectivity index (χ2n) is 4.45. The molecule has 0 aromatic rings. The van der Waals surface area contributed by atoms with E-state index in [-0.39, 0.29) is 6.10 Å². The van der Waals surface area contributed by atoms with Gasteiger partial charge in [-0.3, -0.25) is 9.69 Å². The molecule has 1 N–H and O–H groups in total. The average molecular weight is 241 g/mol. The summed E-state index contributed by atoms with van der Waals surface area (Å²) >= 11 is 0. The molecule has 0 aromatic heterocycles. The molecule has 0 aliphatic heterocycles. The molecule has 1 atom stereocenters. The summed E-state index contributed by atoms with van der Waals surface area (Å²) in [7, 11) is 0. The monoisotopic (exact) mass is 241 g/mol. The largest absolute Gasteiger partial charge is 0.481 e. The Balaban J connectivity index is 3.90. The van der Waals surface area contributed by atoms with E-state index in [1.807, 2.05) is 18.7 Å². The van der Waals surface area contributed by atoms with Crippen molar-refractivity contribution in [2.75, 3.05) is 26.2 Å². The molecule has 0 radical (unpaired) electrons. The van der Waals surface area contributed by atoms with Crippen LogP contribution in [0.15, 0.2) is 0 Å². The molecule has 0 aliphatic rings. The van der Waals surface area contributed by atoms with Crippen LogP contribution in [0.1, 0.15) is 27.2 Å². The molecule has 0 saturated carbocycles. The Morgan fingerprint density at radius 3 is 2.59 bits per heavy atom. The Morgan fingerprint density at radius 2 is 2.12 bits per heavy atom. The minimum absolute atomic E-state index is 0.231. The lowest BCUT2D eigenvalue weighted by Gasteiger charge is -2.22. The van der Waals surface area contributed by atoms with Gasteiger partial charge in [0.05, 0.1) is 18.6 Å². The molecular formula is C13H23NO3. The van der Waals surface area contributed by atoms with Gasteiger partial charge in [0.15, 0.2) is 0 Å². The molecule has 0 spiro atoms. The van der Waals surface area contributed by atoms with Crippen LogP contribution in [0.2, 0.25) is 0 Å². The number of hydrogen-bond donors (Lipinski definition) is 1. The zero-order valence-electron chi connectivity index (χ0n) is 11.0. The first-order valence-electron chi connectivity index (χ1n) is 5.97. The Kier molecular flexibility index (Phi) is 8.47. The number of rotatable bonds is 9. The van der Waals surface area contributed by atoms with Gasteiger partial charge in [-0.25, -0.2) is 0 Å². The van der Waals surface area contributed by atoms with Crippen molar-refractivity contribution in [3.8, 4) is 12.3 Å². The molecule has 4 nitrogen and oxygen atoms in total. The molecule has 4 heteroatoms. The van der Waals surface area contributed by atoms with Gasteiger partial charge in [-0.15, -0.1) is 6.42 Å². The summed E-state index contributed by atoms with van der Waals surface area (Å²) in [4.78, 5) is 12.7. The minimum Gasteiger partial charge on any atom is -0.481 e. The third-order valence-corrected chi connectivity index (χ3v) is 2.34. The SMILES string of the molecule is C#CCN(CCCOC(C)C)CC(C)C(=O)O. The van der Waals surface area contributed by atoms with Gasteiger partial charge < -0.3 is 9.84 Å². The molecule has 0 rings (SSSR count). The smallest absolute Gasteiger partial charge is 0.307 e. The maximum Gasteiger partial charge on any atom is 0.307 e. The van der Waals surface area contributed by atoms with Gasteiger partial charge in [0, 0.05) is 19.7 Å². The predicted octanol–water partition coefficient (Wildman–Crippen LogP) is 1.46. The van der Waals surface area contributed by atoms with Gasteiger partial charge in [-0.2, -0.15) is 0 Å². The van der Waals surface area contributed by atoms with E-state index in [1.54, 1.807) is 6.92 Å². The van der Waals surface area contributed by atoms with Crippen molar-refractivity contribution in [3.05, 3.63) is 0 Å². The number of carboxylic acids is 1. The van der Waals surface area contributed by atoms with Crippen LogP contribution in [0.25, 0.3) is 0 Å². The van der Waals surface area contributed by atoms with Gasteiger partial charge in [-0.05, 0) is 20.3 Å². The molecule has 0 heterocycles. The lowest BCUT2D eigenvalue weighted by atomic mass is 10.1. The van der Waals surface area contributed by atoms with Gasteiger partial charge >= 0.3 is 5.97 Å². The van der Waals surface area contributed by atoms with Crippen molar-refractivity contribution >= 4 is 5.97 Å². The lowest BCUT2D eigenvalue weighted by molar-refractivity contribution is -0.141. The molecule has 0 aliphatic carbocycles. The van der Waals surface area contributed by atoms with Gasteiger partial charge in [0.2, 0.25) is 0 Å². The number of nitrogens with zero attached hydrogens (tertiary/aromatic N) is 1. The highest BCUT2D eigenvalue weighted by molar-refractivity contribution is 5.69. The summed E-state index contributed by atoms with van der Waals surface area (Å²) in [6, 6.07) is 0. The van der Waals surface area contributed by atoms with E-state index >= 15 is 0 Å². The third-order valence-electron chi connectivity index (χ3n) is 2.34. The van der Waals surface area contributed by atoms with Gasteiger partial charge in [-0.1, -0.05) is 12.8 Å². The Hall–Kier alpha value is -1.05. The van der Waals surface area contributed by atoms with Crippen molar-refractivity contribution in [2.45, 2.75) is 33.3 Å². The summed E-state index contributed by atoms with van der Waals surface area (Å²) in [5.41, 5.74) is 0. The number of terminal acetylenes is 1. The van der Waals surface area contributed by atoms with E-state index in [0.29, 0.717) is 19.7 Å². The van der Waals surface area contributed by atoms with E-state index in [2.05, 4.69) is 5.92 Å². The standard InChI is InChI=1S/C13H23NO3/c1-5-7-14(10-12(4)13(15)16)8-6-9-17-11(2)3/h1,11-12H,6-10H2,2-4H3,(H,15,16). The van der Waals surface area contributed by atoms with Crippen molar-refractivity contribution in [1.29, 1.82) is 0 Å². The van der Waals surface area contributed by atoms with E-state index < -0.39 is 11.9 Å². The van der Waals surface area contributed by atoms with Crippen LogP contribution in [0.5, 0.6) is 0 Å². The molecule has 0 amide bonds. The number of aliphatic carboxylic acids is 1. The molecule has 98 valence electrons. The van der Waals surface area contributed by atoms with Crippen molar-refractivity contribution in [3.63, 3.8) is 0 Å². The first-order chi connectivity index (χ1) is 7.97. The van der Waals surface area contributed by atoms with Gasteiger partial charge in [0.1, 0.15) is 0 Å². The second-order valence-corrected chi connectivity index (χ2v) is 4.45. The quantitative estimate of drug-likeness (QED) is 0.490. The highest BCUT2D eigenvalue weighted by Crippen LogP contribution is 2.02. The first kappa shape index (κ1) is 16.0. The summed E-state index contributed by atoms with van der Waals surface area (Å²) in [6.07, 6.45) is 6.36. The highest BCUT2D eigenvalue weighted by atomic mass is 16.5. The fourth-order valence-electron chi connectivity index (χ4n) is 1.44. The lowest BCUT2D eigenvalue weighted by Crippen LogP contribution is -2.33. The maximum absolute atomic E-state index is 10.8. The minimum atomic E-state index is -0.787. The number of hydrogen-bond acceptors (Lipinski definition) is 3. The first-order valence-corrected chi connectivity index (χ1v) is 5.97. The van der Waals surface area contributed by atoms with E-state index in [1.165, 1.54) is 0 Å². The van der Waals surface area contributed by atoms with E-state index in [0.717, 1.165) is 13.0 Å². The predicted molar refractivity (Wildman–Crippen MR) is 67.8 cm³/mol. The Morgan fingerprint density at radius 1 is 1.47 bits per heavy atom. The molecule has 0 aromatic carbocycles. The Bertz CT molecular complexity index is 258. The molecule has 0 fully saturated rings. The van der Waals surface area contributed by atoms with Crippen LogP contribution >= 0.6 is 0 Å².